The third-order valence-corrected chi connectivity index (χ3v) is 4.91. The minimum Gasteiger partial charge on any atom is -0.512 e. The van der Waals surface area contributed by atoms with Crippen molar-refractivity contribution in [3.63, 3.8) is 0 Å². The summed E-state index contributed by atoms with van der Waals surface area (Å²) >= 11 is 0. The van der Waals surface area contributed by atoms with Crippen molar-refractivity contribution in [3.05, 3.63) is 77.4 Å². The number of halogens is 1. The molecular formula is C28H33FIrNO2-. The third-order valence-electron chi connectivity index (χ3n) is 4.91. The van der Waals surface area contributed by atoms with E-state index >= 15 is 0 Å². The number of aryl methyl sites for hydroxylation is 2. The molecule has 3 rings (SSSR count). The van der Waals surface area contributed by atoms with Crippen LogP contribution < -0.4 is 0 Å². The molecule has 0 aliphatic rings. The maximum atomic E-state index is 13.3. The van der Waals surface area contributed by atoms with Gasteiger partial charge in [-0.2, -0.15) is 0 Å². The van der Waals surface area contributed by atoms with Crippen LogP contribution in [-0.4, -0.2) is 15.9 Å². The van der Waals surface area contributed by atoms with E-state index in [4.69, 9.17) is 0 Å². The number of fused-ring (bicyclic) bond motifs is 1. The van der Waals surface area contributed by atoms with E-state index in [-0.39, 0.29) is 42.9 Å². The SMILES string of the molecule is CC(C)(C)C(=O)/C=C(\O)C(C)(C)C.Cc1[c-]c(-c2nccc3cc(F)ccc23)cc(C)c1.[Ir]. The molecule has 1 N–H and O–H groups in total. The van der Waals surface area contributed by atoms with Crippen molar-refractivity contribution in [3.8, 4) is 11.3 Å². The van der Waals surface area contributed by atoms with Gasteiger partial charge in [-0.25, -0.2) is 4.39 Å². The Morgan fingerprint density at radius 1 is 1.00 bits per heavy atom. The second-order valence-electron chi connectivity index (χ2n) is 10.2. The van der Waals surface area contributed by atoms with E-state index in [0.717, 1.165) is 27.6 Å². The average Bonchev–Trinajstić information content (AvgIpc) is 2.65. The molecule has 3 aromatic rings. The predicted octanol–water partition coefficient (Wildman–Crippen LogP) is 7.55. The molecule has 0 atom stereocenters. The van der Waals surface area contributed by atoms with E-state index < -0.39 is 5.41 Å². The van der Waals surface area contributed by atoms with Gasteiger partial charge in [0.1, 0.15) is 11.6 Å². The Morgan fingerprint density at radius 3 is 2.18 bits per heavy atom. The summed E-state index contributed by atoms with van der Waals surface area (Å²) in [5.74, 6) is -0.124. The number of hydrogen-bond acceptors (Lipinski definition) is 3. The topological polar surface area (TPSA) is 50.2 Å². The molecule has 0 amide bonds. The molecule has 1 radical (unpaired) electrons. The Bertz CT molecular complexity index is 1130. The molecule has 33 heavy (non-hydrogen) atoms. The van der Waals surface area contributed by atoms with Crippen molar-refractivity contribution >= 4 is 16.6 Å². The summed E-state index contributed by atoms with van der Waals surface area (Å²) in [5, 5.41) is 11.4. The monoisotopic (exact) mass is 627 g/mol. The minimum absolute atomic E-state index is 0. The van der Waals surface area contributed by atoms with Crippen LogP contribution in [0.4, 0.5) is 4.39 Å². The van der Waals surface area contributed by atoms with Gasteiger partial charge in [0.05, 0.1) is 0 Å². The first-order valence-corrected chi connectivity index (χ1v) is 10.7. The molecule has 1 heterocycles. The van der Waals surface area contributed by atoms with Gasteiger partial charge in [-0.15, -0.1) is 34.9 Å². The maximum Gasteiger partial charge on any atom is 0.164 e. The quantitative estimate of drug-likeness (QED) is 0.182. The molecule has 1 aromatic heterocycles. The average molecular weight is 627 g/mol. The Balaban J connectivity index is 0.000000346. The molecule has 0 saturated heterocycles. The van der Waals surface area contributed by atoms with Crippen LogP contribution in [0.2, 0.25) is 0 Å². The zero-order valence-electron chi connectivity index (χ0n) is 20.6. The second-order valence-corrected chi connectivity index (χ2v) is 10.2. The Morgan fingerprint density at radius 2 is 1.64 bits per heavy atom. The Labute approximate surface area is 210 Å². The van der Waals surface area contributed by atoms with Crippen LogP contribution >= 0.6 is 0 Å². The van der Waals surface area contributed by atoms with Crippen LogP contribution in [-0.2, 0) is 24.9 Å². The van der Waals surface area contributed by atoms with Crippen LogP contribution in [0.3, 0.4) is 0 Å². The molecule has 3 nitrogen and oxygen atoms in total. The number of aliphatic hydroxyl groups is 1. The Hall–Kier alpha value is -2.36. The van der Waals surface area contributed by atoms with Crippen molar-refractivity contribution in [2.24, 2.45) is 10.8 Å². The molecule has 0 unspecified atom stereocenters. The molecule has 0 bridgehead atoms. The molecule has 5 heteroatoms. The smallest absolute Gasteiger partial charge is 0.164 e. The molecule has 2 aromatic carbocycles. The van der Waals surface area contributed by atoms with Crippen LogP contribution in [0.25, 0.3) is 22.0 Å². The molecule has 0 saturated carbocycles. The number of rotatable bonds is 2. The van der Waals surface area contributed by atoms with E-state index in [1.54, 1.807) is 12.3 Å². The number of ketones is 1. The number of pyridine rings is 1. The van der Waals surface area contributed by atoms with Gasteiger partial charge >= 0.3 is 0 Å². The summed E-state index contributed by atoms with van der Waals surface area (Å²) in [7, 11) is 0. The van der Waals surface area contributed by atoms with Crippen LogP contribution in [0.15, 0.2) is 54.4 Å². The zero-order valence-corrected chi connectivity index (χ0v) is 23.0. The minimum atomic E-state index is -0.417. The van der Waals surface area contributed by atoms with Crippen LogP contribution in [0, 0.1) is 36.6 Å². The number of allylic oxidation sites excluding steroid dienone is 2. The Kier molecular flexibility index (Phi) is 9.71. The van der Waals surface area contributed by atoms with Crippen molar-refractivity contribution in [1.82, 2.24) is 4.98 Å². The van der Waals surface area contributed by atoms with E-state index in [1.807, 2.05) is 54.5 Å². The number of benzene rings is 2. The number of aliphatic hydroxyl groups excluding tert-OH is 1. The number of carbonyl (C=O) groups excluding carboxylic acids is 1. The fraction of sp³-hybridized carbons (Fsp3) is 0.357. The van der Waals surface area contributed by atoms with Crippen molar-refractivity contribution in [2.75, 3.05) is 0 Å². The number of carbonyl (C=O) groups is 1. The van der Waals surface area contributed by atoms with Crippen LogP contribution in [0.5, 0.6) is 0 Å². The van der Waals surface area contributed by atoms with Crippen molar-refractivity contribution in [1.29, 1.82) is 0 Å². The van der Waals surface area contributed by atoms with Crippen LogP contribution in [0.1, 0.15) is 52.7 Å². The normalized spacial score (nSPS) is 12.0. The van der Waals surface area contributed by atoms with Gasteiger partial charge in [-0.1, -0.05) is 61.5 Å². The maximum absolute atomic E-state index is 13.3. The fourth-order valence-corrected chi connectivity index (χ4v) is 2.94. The molecule has 0 aliphatic heterocycles. The first kappa shape index (κ1) is 28.7. The second kappa shape index (κ2) is 11.2. The summed E-state index contributed by atoms with van der Waals surface area (Å²) in [5.41, 5.74) is 3.29. The van der Waals surface area contributed by atoms with Crippen molar-refractivity contribution in [2.45, 2.75) is 55.4 Å². The van der Waals surface area contributed by atoms with Gasteiger partial charge in [0.2, 0.25) is 0 Å². The summed E-state index contributed by atoms with van der Waals surface area (Å²) < 4.78 is 13.3. The fourth-order valence-electron chi connectivity index (χ4n) is 2.94. The van der Waals surface area contributed by atoms with Gasteiger partial charge < -0.3 is 10.1 Å². The van der Waals surface area contributed by atoms with Gasteiger partial charge in [0.15, 0.2) is 5.78 Å². The van der Waals surface area contributed by atoms with E-state index in [2.05, 4.69) is 30.1 Å². The van der Waals surface area contributed by atoms with Gasteiger partial charge in [-0.05, 0) is 34.7 Å². The van der Waals surface area contributed by atoms with Gasteiger partial charge in [-0.3, -0.25) is 4.79 Å². The first-order chi connectivity index (χ1) is 14.7. The zero-order chi connectivity index (χ0) is 24.3. The van der Waals surface area contributed by atoms with E-state index in [1.165, 1.54) is 23.8 Å². The van der Waals surface area contributed by atoms with Gasteiger partial charge in [0, 0.05) is 43.2 Å². The number of nitrogens with zero attached hydrogens (tertiary/aromatic N) is 1. The third kappa shape index (κ3) is 8.17. The molecule has 0 spiro atoms. The summed E-state index contributed by atoms with van der Waals surface area (Å²) in [6.45, 7) is 15.2. The summed E-state index contributed by atoms with van der Waals surface area (Å²) in [6.07, 6.45) is 3.04. The number of aromatic nitrogens is 1. The predicted molar refractivity (Wildman–Crippen MR) is 130 cm³/mol. The largest absolute Gasteiger partial charge is 0.512 e. The molecular weight excluding hydrogens is 594 g/mol. The van der Waals surface area contributed by atoms with E-state index in [9.17, 15) is 14.3 Å². The van der Waals surface area contributed by atoms with Crippen molar-refractivity contribution < 1.29 is 34.4 Å². The molecule has 0 aliphatic carbocycles. The molecule has 0 fully saturated rings. The number of hydrogen-bond donors (Lipinski definition) is 1. The van der Waals surface area contributed by atoms with E-state index in [0.29, 0.717) is 0 Å². The summed E-state index contributed by atoms with van der Waals surface area (Å²) in [6, 6.07) is 14.0. The molecule has 179 valence electrons. The standard InChI is InChI=1S/C17H13FN.C11H20O2.Ir/c1-11-7-12(2)9-14(8-11)17-16-4-3-15(18)10-13(16)5-6-19-17;1-10(2,3)8(12)7-9(13)11(4,5)6;/h3-8,10H,1-2H3;7,12H,1-6H3;/q-1;;/b;8-7-;. The first-order valence-electron chi connectivity index (χ1n) is 10.7. The van der Waals surface area contributed by atoms with Gasteiger partial charge in [0.25, 0.3) is 0 Å². The summed E-state index contributed by atoms with van der Waals surface area (Å²) in [4.78, 5) is 15.9.